The number of thiazole rings is 1. The highest BCUT2D eigenvalue weighted by molar-refractivity contribution is 7.13. The van der Waals surface area contributed by atoms with Gasteiger partial charge in [-0.1, -0.05) is 0 Å². The lowest BCUT2D eigenvalue weighted by Crippen LogP contribution is -2.41. The standard InChI is InChI=1S/C13H16N4OS/c1-8-3-4-11-9(2)17(6-5-16(8)11)12(18)10-7-19-13(14)15-10/h3-4,7,9H,5-6H2,1-2H3,(H2,14,15). The van der Waals surface area contributed by atoms with E-state index in [4.69, 9.17) is 5.73 Å². The van der Waals surface area contributed by atoms with Crippen LogP contribution in [0.4, 0.5) is 5.13 Å². The lowest BCUT2D eigenvalue weighted by atomic mass is 10.1. The Morgan fingerprint density at radius 3 is 2.95 bits per heavy atom. The molecule has 3 rings (SSSR count). The van der Waals surface area contributed by atoms with Crippen LogP contribution in [0.1, 0.15) is 34.8 Å². The third-order valence-electron chi connectivity index (χ3n) is 3.69. The van der Waals surface area contributed by atoms with Gasteiger partial charge >= 0.3 is 0 Å². The van der Waals surface area contributed by atoms with Gasteiger partial charge in [0, 0.05) is 29.9 Å². The molecule has 1 unspecified atom stereocenters. The highest BCUT2D eigenvalue weighted by atomic mass is 32.1. The van der Waals surface area contributed by atoms with Crippen LogP contribution in [0.3, 0.4) is 0 Å². The van der Waals surface area contributed by atoms with Crippen molar-refractivity contribution < 1.29 is 4.79 Å². The Labute approximate surface area is 115 Å². The van der Waals surface area contributed by atoms with E-state index in [1.54, 1.807) is 5.38 Å². The average Bonchev–Trinajstić information content (AvgIpc) is 2.97. The van der Waals surface area contributed by atoms with Crippen LogP contribution in [-0.2, 0) is 6.54 Å². The Bertz CT molecular complexity index is 630. The van der Waals surface area contributed by atoms with Gasteiger partial charge in [0.1, 0.15) is 5.69 Å². The fourth-order valence-electron chi connectivity index (χ4n) is 2.63. The molecule has 1 atom stereocenters. The van der Waals surface area contributed by atoms with Gasteiger partial charge in [0.15, 0.2) is 5.13 Å². The summed E-state index contributed by atoms with van der Waals surface area (Å²) in [6.45, 7) is 5.69. The first-order valence-electron chi connectivity index (χ1n) is 6.26. The second kappa shape index (κ2) is 4.38. The van der Waals surface area contributed by atoms with E-state index in [0.717, 1.165) is 6.54 Å². The lowest BCUT2D eigenvalue weighted by Gasteiger charge is -2.35. The summed E-state index contributed by atoms with van der Waals surface area (Å²) in [7, 11) is 0. The van der Waals surface area contributed by atoms with Crippen molar-refractivity contribution in [1.29, 1.82) is 0 Å². The molecule has 1 aliphatic rings. The molecule has 6 heteroatoms. The van der Waals surface area contributed by atoms with Crippen LogP contribution in [0.15, 0.2) is 17.5 Å². The number of carbonyl (C=O) groups excluding carboxylic acids is 1. The van der Waals surface area contributed by atoms with Crippen molar-refractivity contribution in [2.45, 2.75) is 26.4 Å². The van der Waals surface area contributed by atoms with Crippen molar-refractivity contribution in [2.24, 2.45) is 0 Å². The topological polar surface area (TPSA) is 64.2 Å². The Morgan fingerprint density at radius 2 is 2.26 bits per heavy atom. The lowest BCUT2D eigenvalue weighted by molar-refractivity contribution is 0.0637. The molecule has 0 saturated carbocycles. The molecule has 2 aromatic rings. The summed E-state index contributed by atoms with van der Waals surface area (Å²) in [5, 5.41) is 2.16. The van der Waals surface area contributed by atoms with Crippen molar-refractivity contribution in [3.05, 3.63) is 34.6 Å². The largest absolute Gasteiger partial charge is 0.375 e. The molecule has 1 aliphatic heterocycles. The van der Waals surface area contributed by atoms with Crippen LogP contribution in [0.5, 0.6) is 0 Å². The van der Waals surface area contributed by atoms with E-state index in [9.17, 15) is 4.79 Å². The third kappa shape index (κ3) is 1.92. The number of nitrogens with two attached hydrogens (primary N) is 1. The predicted octanol–water partition coefficient (Wildman–Crippen LogP) is 2.05. The molecular formula is C13H16N4OS. The van der Waals surface area contributed by atoms with Crippen LogP contribution in [0.2, 0.25) is 0 Å². The first-order chi connectivity index (χ1) is 9.08. The van der Waals surface area contributed by atoms with E-state index in [1.807, 2.05) is 4.90 Å². The number of nitrogen functional groups attached to an aromatic ring is 1. The van der Waals surface area contributed by atoms with Crippen molar-refractivity contribution in [3.8, 4) is 0 Å². The molecule has 0 fully saturated rings. The second-order valence-corrected chi connectivity index (χ2v) is 5.69. The quantitative estimate of drug-likeness (QED) is 0.867. The summed E-state index contributed by atoms with van der Waals surface area (Å²) in [6, 6.07) is 4.26. The summed E-state index contributed by atoms with van der Waals surface area (Å²) in [6.07, 6.45) is 0. The number of aryl methyl sites for hydroxylation is 1. The molecule has 0 saturated heterocycles. The SMILES string of the molecule is Cc1ccc2n1CCN(C(=O)c1csc(N)n1)C2C. The maximum Gasteiger partial charge on any atom is 0.274 e. The van der Waals surface area contributed by atoms with E-state index in [0.29, 0.717) is 17.4 Å². The summed E-state index contributed by atoms with van der Waals surface area (Å²) < 4.78 is 2.27. The van der Waals surface area contributed by atoms with Gasteiger partial charge in [0.05, 0.1) is 6.04 Å². The zero-order valence-corrected chi connectivity index (χ0v) is 11.8. The normalized spacial score (nSPS) is 18.4. The van der Waals surface area contributed by atoms with Crippen molar-refractivity contribution in [3.63, 3.8) is 0 Å². The van der Waals surface area contributed by atoms with Gasteiger partial charge in [-0.2, -0.15) is 0 Å². The van der Waals surface area contributed by atoms with Crippen molar-refractivity contribution >= 4 is 22.4 Å². The molecule has 2 N–H and O–H groups in total. The first-order valence-corrected chi connectivity index (χ1v) is 7.14. The third-order valence-corrected chi connectivity index (χ3v) is 4.37. The Hall–Kier alpha value is -1.82. The minimum absolute atomic E-state index is 0.0365. The van der Waals surface area contributed by atoms with Crippen molar-refractivity contribution in [2.75, 3.05) is 12.3 Å². The summed E-state index contributed by atoms with van der Waals surface area (Å²) >= 11 is 1.30. The van der Waals surface area contributed by atoms with E-state index in [-0.39, 0.29) is 11.9 Å². The number of rotatable bonds is 1. The van der Waals surface area contributed by atoms with E-state index in [2.05, 4.69) is 35.5 Å². The average molecular weight is 276 g/mol. The molecule has 19 heavy (non-hydrogen) atoms. The molecule has 5 nitrogen and oxygen atoms in total. The zero-order chi connectivity index (χ0) is 13.6. The first kappa shape index (κ1) is 12.2. The molecule has 100 valence electrons. The zero-order valence-electron chi connectivity index (χ0n) is 11.0. The summed E-state index contributed by atoms with van der Waals surface area (Å²) in [5.41, 5.74) is 8.47. The second-order valence-electron chi connectivity index (χ2n) is 4.80. The molecule has 0 spiro atoms. The van der Waals surface area contributed by atoms with Crippen LogP contribution in [0, 0.1) is 6.92 Å². The number of amides is 1. The van der Waals surface area contributed by atoms with Gasteiger partial charge in [0.25, 0.3) is 5.91 Å². The number of carbonyl (C=O) groups is 1. The van der Waals surface area contributed by atoms with E-state index in [1.165, 1.54) is 22.7 Å². The molecule has 0 aromatic carbocycles. The van der Waals surface area contributed by atoms with Gasteiger partial charge in [0.2, 0.25) is 0 Å². The molecule has 0 aliphatic carbocycles. The fourth-order valence-corrected chi connectivity index (χ4v) is 3.17. The number of fused-ring (bicyclic) bond motifs is 1. The number of hydrogen-bond acceptors (Lipinski definition) is 4. The molecule has 0 radical (unpaired) electrons. The van der Waals surface area contributed by atoms with E-state index >= 15 is 0 Å². The maximum absolute atomic E-state index is 12.4. The maximum atomic E-state index is 12.4. The van der Waals surface area contributed by atoms with Gasteiger partial charge < -0.3 is 15.2 Å². The minimum atomic E-state index is -0.0365. The number of aromatic nitrogens is 2. The Morgan fingerprint density at radius 1 is 1.47 bits per heavy atom. The summed E-state index contributed by atoms with van der Waals surface area (Å²) in [4.78, 5) is 18.4. The van der Waals surface area contributed by atoms with Gasteiger partial charge in [-0.3, -0.25) is 4.79 Å². The molecule has 3 heterocycles. The van der Waals surface area contributed by atoms with Gasteiger partial charge in [-0.15, -0.1) is 11.3 Å². The molecule has 2 aromatic heterocycles. The number of anilines is 1. The minimum Gasteiger partial charge on any atom is -0.375 e. The Kier molecular flexibility index (Phi) is 2.82. The fraction of sp³-hybridized carbons (Fsp3) is 0.385. The number of hydrogen-bond donors (Lipinski definition) is 1. The van der Waals surface area contributed by atoms with Crippen LogP contribution in [-0.4, -0.2) is 26.9 Å². The van der Waals surface area contributed by atoms with Crippen LogP contribution >= 0.6 is 11.3 Å². The number of nitrogens with zero attached hydrogens (tertiary/aromatic N) is 3. The summed E-state index contributed by atoms with van der Waals surface area (Å²) in [5.74, 6) is -0.0365. The molecular weight excluding hydrogens is 260 g/mol. The Balaban J connectivity index is 1.90. The molecule has 0 bridgehead atoms. The van der Waals surface area contributed by atoms with Crippen molar-refractivity contribution in [1.82, 2.24) is 14.5 Å². The smallest absolute Gasteiger partial charge is 0.274 e. The predicted molar refractivity (Wildman–Crippen MR) is 75.1 cm³/mol. The van der Waals surface area contributed by atoms with E-state index < -0.39 is 0 Å². The molecule has 1 amide bonds. The van der Waals surface area contributed by atoms with Gasteiger partial charge in [-0.25, -0.2) is 4.98 Å². The highest BCUT2D eigenvalue weighted by Gasteiger charge is 2.29. The van der Waals surface area contributed by atoms with Gasteiger partial charge in [-0.05, 0) is 26.0 Å². The highest BCUT2D eigenvalue weighted by Crippen LogP contribution is 2.28. The monoisotopic (exact) mass is 276 g/mol. The van der Waals surface area contributed by atoms with Crippen LogP contribution in [0.25, 0.3) is 0 Å². The van der Waals surface area contributed by atoms with Crippen LogP contribution < -0.4 is 5.73 Å².